The molecule has 4 aromatic heterocycles. The Morgan fingerprint density at radius 3 is 2.56 bits per heavy atom. The Bertz CT molecular complexity index is 1530. The summed E-state index contributed by atoms with van der Waals surface area (Å²) in [5.41, 5.74) is 5.69. The van der Waals surface area contributed by atoms with Crippen LogP contribution in [0.2, 0.25) is 0 Å². The maximum atomic E-state index is 13.3. The van der Waals surface area contributed by atoms with Gasteiger partial charge in [0.2, 0.25) is 0 Å². The van der Waals surface area contributed by atoms with Crippen molar-refractivity contribution in [1.82, 2.24) is 29.1 Å². The van der Waals surface area contributed by atoms with E-state index < -0.39 is 0 Å². The molecule has 0 bridgehead atoms. The molecule has 0 saturated carbocycles. The Labute approximate surface area is 183 Å². The molecule has 32 heavy (non-hydrogen) atoms. The van der Waals surface area contributed by atoms with Crippen LogP contribution in [0.4, 0.5) is 0 Å². The molecule has 0 spiro atoms. The molecule has 0 fully saturated rings. The van der Waals surface area contributed by atoms with Crippen molar-refractivity contribution >= 4 is 21.9 Å². The van der Waals surface area contributed by atoms with Crippen molar-refractivity contribution in [3.63, 3.8) is 0 Å². The predicted molar refractivity (Wildman–Crippen MR) is 121 cm³/mol. The number of aromatic nitrogens is 6. The van der Waals surface area contributed by atoms with Gasteiger partial charge in [-0.3, -0.25) is 18.8 Å². The molecule has 9 heteroatoms. The lowest BCUT2D eigenvalue weighted by Crippen LogP contribution is -2.25. The van der Waals surface area contributed by atoms with Crippen LogP contribution in [0.5, 0.6) is 5.75 Å². The number of fused-ring (bicyclic) bond motifs is 3. The van der Waals surface area contributed by atoms with Crippen molar-refractivity contribution < 1.29 is 9.26 Å². The fraction of sp³-hybridized carbons (Fsp3) is 0.304. The van der Waals surface area contributed by atoms with Crippen LogP contribution in [-0.2, 0) is 14.1 Å². The predicted octanol–water partition coefficient (Wildman–Crippen LogP) is 3.51. The van der Waals surface area contributed by atoms with E-state index in [9.17, 15) is 4.79 Å². The van der Waals surface area contributed by atoms with Gasteiger partial charge in [-0.1, -0.05) is 5.16 Å². The Balaban J connectivity index is 1.80. The molecule has 1 aromatic carbocycles. The summed E-state index contributed by atoms with van der Waals surface area (Å²) >= 11 is 0. The highest BCUT2D eigenvalue weighted by atomic mass is 16.5. The highest BCUT2D eigenvalue weighted by Gasteiger charge is 2.23. The van der Waals surface area contributed by atoms with Gasteiger partial charge < -0.3 is 9.26 Å². The smallest absolute Gasteiger partial charge is 0.329 e. The molecule has 5 aromatic rings. The summed E-state index contributed by atoms with van der Waals surface area (Å²) in [4.78, 5) is 18.0. The molecule has 0 aliphatic rings. The minimum absolute atomic E-state index is 0.112. The zero-order chi connectivity index (χ0) is 22.7. The van der Waals surface area contributed by atoms with E-state index in [0.29, 0.717) is 11.5 Å². The molecular weight excluding hydrogens is 408 g/mol. The van der Waals surface area contributed by atoms with Gasteiger partial charge in [0.25, 0.3) is 0 Å². The van der Waals surface area contributed by atoms with Crippen molar-refractivity contribution in [2.24, 2.45) is 14.1 Å². The minimum Gasteiger partial charge on any atom is -0.496 e. The lowest BCUT2D eigenvalue weighted by Gasteiger charge is -2.13. The van der Waals surface area contributed by atoms with Crippen molar-refractivity contribution in [3.8, 4) is 16.9 Å². The van der Waals surface area contributed by atoms with Crippen LogP contribution in [0, 0.1) is 13.8 Å². The van der Waals surface area contributed by atoms with E-state index in [-0.39, 0.29) is 11.7 Å². The van der Waals surface area contributed by atoms with E-state index in [2.05, 4.69) is 10.3 Å². The second-order valence-electron chi connectivity index (χ2n) is 8.10. The fourth-order valence-corrected chi connectivity index (χ4v) is 4.49. The summed E-state index contributed by atoms with van der Waals surface area (Å²) in [6.07, 6.45) is 5.46. The summed E-state index contributed by atoms with van der Waals surface area (Å²) in [5, 5.41) is 9.16. The second-order valence-corrected chi connectivity index (χ2v) is 8.10. The molecule has 0 radical (unpaired) electrons. The quantitative estimate of drug-likeness (QED) is 0.431. The normalized spacial score (nSPS) is 12.7. The summed E-state index contributed by atoms with van der Waals surface area (Å²) in [5.74, 6) is 1.38. The third-order valence-corrected chi connectivity index (χ3v) is 6.13. The third-order valence-electron chi connectivity index (χ3n) is 6.13. The third kappa shape index (κ3) is 2.77. The van der Waals surface area contributed by atoms with Gasteiger partial charge in [0.15, 0.2) is 0 Å². The number of aryl methyl sites for hydroxylation is 4. The van der Waals surface area contributed by atoms with E-state index >= 15 is 0 Å². The van der Waals surface area contributed by atoms with Crippen molar-refractivity contribution in [1.29, 1.82) is 0 Å². The highest BCUT2D eigenvalue weighted by molar-refractivity contribution is 6.05. The van der Waals surface area contributed by atoms with Gasteiger partial charge in [-0.25, -0.2) is 4.79 Å². The van der Waals surface area contributed by atoms with Crippen LogP contribution in [0.3, 0.4) is 0 Å². The summed E-state index contributed by atoms with van der Waals surface area (Å²) in [6, 6.07) is 3.71. The van der Waals surface area contributed by atoms with Gasteiger partial charge in [0.05, 0.1) is 53.4 Å². The van der Waals surface area contributed by atoms with Gasteiger partial charge in [0, 0.05) is 36.8 Å². The average molecular weight is 432 g/mol. The topological polar surface area (TPSA) is 92.9 Å². The van der Waals surface area contributed by atoms with Gasteiger partial charge in [-0.15, -0.1) is 0 Å². The number of ether oxygens (including phenoxy) is 1. The van der Waals surface area contributed by atoms with Crippen LogP contribution in [-0.4, -0.2) is 36.2 Å². The highest BCUT2D eigenvalue weighted by Crippen LogP contribution is 2.39. The standard InChI is InChI=1S/C23H24N6O3/c1-12-21(14(3)32-26-12)17-7-18-16(8-20(17)31-6)22-19(10-24-18)29(23(30)28(22)5)13(2)15-9-25-27(4)11-15/h7-11,13H,1-6H3. The van der Waals surface area contributed by atoms with Crippen LogP contribution >= 0.6 is 0 Å². The number of pyridine rings is 1. The number of methoxy groups -OCH3 is 1. The van der Waals surface area contributed by atoms with Crippen LogP contribution < -0.4 is 10.4 Å². The Morgan fingerprint density at radius 1 is 1.16 bits per heavy atom. The zero-order valence-corrected chi connectivity index (χ0v) is 18.9. The number of hydrogen-bond donors (Lipinski definition) is 0. The Hall–Kier alpha value is -3.88. The first kappa shape index (κ1) is 20.0. The lowest BCUT2D eigenvalue weighted by molar-refractivity contribution is 0.393. The molecule has 9 nitrogen and oxygen atoms in total. The van der Waals surface area contributed by atoms with Crippen LogP contribution in [0.1, 0.15) is 30.0 Å². The molecule has 0 amide bonds. The molecule has 0 saturated heterocycles. The molecule has 0 aliphatic carbocycles. The van der Waals surface area contributed by atoms with Gasteiger partial charge >= 0.3 is 5.69 Å². The van der Waals surface area contributed by atoms with Crippen LogP contribution in [0.25, 0.3) is 33.1 Å². The minimum atomic E-state index is -0.192. The Morgan fingerprint density at radius 2 is 1.94 bits per heavy atom. The zero-order valence-electron chi connectivity index (χ0n) is 18.9. The lowest BCUT2D eigenvalue weighted by atomic mass is 10.0. The fourth-order valence-electron chi connectivity index (χ4n) is 4.49. The number of benzene rings is 1. The number of nitrogens with zero attached hydrogens (tertiary/aromatic N) is 6. The first-order valence-electron chi connectivity index (χ1n) is 10.3. The molecule has 5 rings (SSSR count). The molecule has 1 unspecified atom stereocenters. The van der Waals surface area contributed by atoms with E-state index in [4.69, 9.17) is 14.2 Å². The molecule has 0 aliphatic heterocycles. The SMILES string of the molecule is COc1cc2c(cc1-c1c(C)noc1C)ncc1c2n(C)c(=O)n1C(C)c1cnn(C)c1. The molecule has 164 valence electrons. The van der Waals surface area contributed by atoms with Gasteiger partial charge in [0.1, 0.15) is 11.5 Å². The number of rotatable bonds is 4. The molecule has 4 heterocycles. The van der Waals surface area contributed by atoms with Gasteiger partial charge in [-0.2, -0.15) is 5.10 Å². The van der Waals surface area contributed by atoms with Crippen molar-refractivity contribution in [2.75, 3.05) is 7.11 Å². The summed E-state index contributed by atoms with van der Waals surface area (Å²) in [6.45, 7) is 5.76. The van der Waals surface area contributed by atoms with Gasteiger partial charge in [-0.05, 0) is 32.9 Å². The van der Waals surface area contributed by atoms with E-state index in [0.717, 1.165) is 44.3 Å². The molecule has 0 N–H and O–H groups in total. The van der Waals surface area contributed by atoms with E-state index in [1.54, 1.807) is 40.4 Å². The summed E-state index contributed by atoms with van der Waals surface area (Å²) in [7, 11) is 5.27. The largest absolute Gasteiger partial charge is 0.496 e. The van der Waals surface area contributed by atoms with Crippen LogP contribution in [0.15, 0.2) is 40.0 Å². The first-order valence-corrected chi connectivity index (χ1v) is 10.3. The number of imidazole rings is 1. The summed E-state index contributed by atoms with van der Waals surface area (Å²) < 4.78 is 16.2. The Kier molecular flexibility index (Phi) is 4.44. The van der Waals surface area contributed by atoms with Crippen molar-refractivity contribution in [2.45, 2.75) is 26.8 Å². The molecule has 1 atom stereocenters. The van der Waals surface area contributed by atoms with E-state index in [1.165, 1.54) is 0 Å². The molecular formula is C23H24N6O3. The van der Waals surface area contributed by atoms with Crippen molar-refractivity contribution in [3.05, 3.63) is 58.2 Å². The van der Waals surface area contributed by atoms with E-state index in [1.807, 2.05) is 46.1 Å². The maximum absolute atomic E-state index is 13.3. The monoisotopic (exact) mass is 432 g/mol. The average Bonchev–Trinajstić information content (AvgIpc) is 3.43. The number of hydrogen-bond acceptors (Lipinski definition) is 6. The first-order chi connectivity index (χ1) is 15.3. The maximum Gasteiger partial charge on any atom is 0.329 e. The second kappa shape index (κ2) is 7.08.